The Balaban J connectivity index is 1.75. The first-order valence-corrected chi connectivity index (χ1v) is 8.58. The molecule has 2 unspecified atom stereocenters. The standard InChI is InChI=1S/C19H22N4O3/c1-22(13-15-11-20-9-10-21-15)18(24)16-7-8-17(19(25)26)23(16)12-14-5-3-2-4-6-14/h2-6,9-11,16-17H,7-8,12-13H2,1H3,(H,25,26). The van der Waals surface area contributed by atoms with Crippen LogP contribution < -0.4 is 0 Å². The van der Waals surface area contributed by atoms with E-state index in [-0.39, 0.29) is 5.91 Å². The summed E-state index contributed by atoms with van der Waals surface area (Å²) in [5.41, 5.74) is 1.70. The molecule has 7 heteroatoms. The van der Waals surface area contributed by atoms with Gasteiger partial charge in [-0.15, -0.1) is 0 Å². The molecule has 2 heterocycles. The van der Waals surface area contributed by atoms with Crippen LogP contribution >= 0.6 is 0 Å². The Bertz CT molecular complexity index is 754. The van der Waals surface area contributed by atoms with Gasteiger partial charge in [0, 0.05) is 26.0 Å². The second-order valence-corrected chi connectivity index (χ2v) is 6.50. The van der Waals surface area contributed by atoms with Crippen LogP contribution in [0.25, 0.3) is 0 Å². The number of nitrogens with zero attached hydrogens (tertiary/aromatic N) is 4. The Morgan fingerprint density at radius 3 is 2.58 bits per heavy atom. The number of carbonyl (C=O) groups excluding carboxylic acids is 1. The molecule has 1 saturated heterocycles. The zero-order valence-corrected chi connectivity index (χ0v) is 14.7. The topological polar surface area (TPSA) is 86.6 Å². The maximum absolute atomic E-state index is 13.0. The minimum absolute atomic E-state index is 0.0877. The Labute approximate surface area is 152 Å². The molecule has 1 aliphatic heterocycles. The first-order chi connectivity index (χ1) is 12.6. The molecule has 1 fully saturated rings. The molecule has 26 heavy (non-hydrogen) atoms. The fourth-order valence-electron chi connectivity index (χ4n) is 3.40. The lowest BCUT2D eigenvalue weighted by Crippen LogP contribution is -2.48. The summed E-state index contributed by atoms with van der Waals surface area (Å²) in [6.07, 6.45) is 5.80. The van der Waals surface area contributed by atoms with Crippen LogP contribution in [0, 0.1) is 0 Å². The van der Waals surface area contributed by atoms with E-state index in [1.807, 2.05) is 30.3 Å². The molecule has 1 amide bonds. The first kappa shape index (κ1) is 18.0. The van der Waals surface area contributed by atoms with Crippen LogP contribution in [0.1, 0.15) is 24.1 Å². The number of hydrogen-bond acceptors (Lipinski definition) is 5. The lowest BCUT2D eigenvalue weighted by Gasteiger charge is -2.30. The molecular weight excluding hydrogens is 332 g/mol. The molecule has 0 spiro atoms. The Morgan fingerprint density at radius 1 is 1.19 bits per heavy atom. The van der Waals surface area contributed by atoms with E-state index in [0.29, 0.717) is 31.6 Å². The highest BCUT2D eigenvalue weighted by Crippen LogP contribution is 2.28. The Morgan fingerprint density at radius 2 is 1.92 bits per heavy atom. The fourth-order valence-corrected chi connectivity index (χ4v) is 3.40. The number of carbonyl (C=O) groups is 2. The van der Waals surface area contributed by atoms with E-state index in [1.165, 1.54) is 0 Å². The van der Waals surface area contributed by atoms with Crippen molar-refractivity contribution in [1.82, 2.24) is 19.8 Å². The molecule has 1 aliphatic rings. The quantitative estimate of drug-likeness (QED) is 0.847. The Hall–Kier alpha value is -2.80. The van der Waals surface area contributed by atoms with Gasteiger partial charge >= 0.3 is 5.97 Å². The molecule has 0 bridgehead atoms. The van der Waals surface area contributed by atoms with Crippen molar-refractivity contribution in [1.29, 1.82) is 0 Å². The average Bonchev–Trinajstić information content (AvgIpc) is 3.06. The van der Waals surface area contributed by atoms with Crippen molar-refractivity contribution in [2.75, 3.05) is 7.05 Å². The average molecular weight is 354 g/mol. The predicted molar refractivity (Wildman–Crippen MR) is 94.9 cm³/mol. The second-order valence-electron chi connectivity index (χ2n) is 6.50. The van der Waals surface area contributed by atoms with Crippen molar-refractivity contribution >= 4 is 11.9 Å². The third-order valence-electron chi connectivity index (χ3n) is 4.68. The molecule has 1 aromatic carbocycles. The van der Waals surface area contributed by atoms with Crippen LogP contribution in [0.5, 0.6) is 0 Å². The lowest BCUT2D eigenvalue weighted by atomic mass is 10.1. The fraction of sp³-hybridized carbons (Fsp3) is 0.368. The van der Waals surface area contributed by atoms with E-state index in [0.717, 1.165) is 5.56 Å². The number of aromatic nitrogens is 2. The van der Waals surface area contributed by atoms with E-state index >= 15 is 0 Å². The van der Waals surface area contributed by atoms with Gasteiger partial charge in [0.05, 0.1) is 24.5 Å². The number of likely N-dealkylation sites (tertiary alicyclic amines) is 1. The Kier molecular flexibility index (Phi) is 5.58. The van der Waals surface area contributed by atoms with Crippen LogP contribution in [0.4, 0.5) is 0 Å². The highest BCUT2D eigenvalue weighted by atomic mass is 16.4. The molecule has 2 aromatic rings. The zero-order valence-electron chi connectivity index (χ0n) is 14.7. The molecule has 136 valence electrons. The van der Waals surface area contributed by atoms with Crippen LogP contribution in [0.2, 0.25) is 0 Å². The van der Waals surface area contributed by atoms with Gasteiger partial charge in [0.15, 0.2) is 0 Å². The minimum atomic E-state index is -0.882. The molecule has 1 N–H and O–H groups in total. The third-order valence-corrected chi connectivity index (χ3v) is 4.68. The van der Waals surface area contributed by atoms with Gasteiger partial charge in [0.2, 0.25) is 5.91 Å². The summed E-state index contributed by atoms with van der Waals surface area (Å²) in [6, 6.07) is 8.55. The van der Waals surface area contributed by atoms with Crippen molar-refractivity contribution in [3.63, 3.8) is 0 Å². The summed E-state index contributed by atoms with van der Waals surface area (Å²) in [5.74, 6) is -0.969. The van der Waals surface area contributed by atoms with Gasteiger partial charge in [-0.1, -0.05) is 30.3 Å². The van der Waals surface area contributed by atoms with Crippen molar-refractivity contribution in [3.05, 3.63) is 60.2 Å². The second kappa shape index (κ2) is 8.05. The predicted octanol–water partition coefficient (Wildman–Crippen LogP) is 1.55. The van der Waals surface area contributed by atoms with E-state index in [1.54, 1.807) is 35.4 Å². The number of aliphatic carboxylic acids is 1. The SMILES string of the molecule is CN(Cc1cnccn1)C(=O)C1CCC(C(=O)O)N1Cc1ccccc1. The monoisotopic (exact) mass is 354 g/mol. The van der Waals surface area contributed by atoms with Gasteiger partial charge in [0.1, 0.15) is 6.04 Å². The summed E-state index contributed by atoms with van der Waals surface area (Å²) in [4.78, 5) is 36.2. The number of benzene rings is 1. The van der Waals surface area contributed by atoms with Crippen molar-refractivity contribution in [3.8, 4) is 0 Å². The van der Waals surface area contributed by atoms with Gasteiger partial charge in [0.25, 0.3) is 0 Å². The number of carboxylic acid groups (broad SMARTS) is 1. The van der Waals surface area contributed by atoms with Crippen molar-refractivity contribution < 1.29 is 14.7 Å². The molecule has 0 saturated carbocycles. The van der Waals surface area contributed by atoms with Gasteiger partial charge in [-0.2, -0.15) is 0 Å². The number of hydrogen-bond donors (Lipinski definition) is 1. The van der Waals surface area contributed by atoms with Crippen LogP contribution in [-0.2, 0) is 22.7 Å². The third kappa shape index (κ3) is 4.05. The van der Waals surface area contributed by atoms with E-state index in [9.17, 15) is 14.7 Å². The molecule has 7 nitrogen and oxygen atoms in total. The molecule has 0 radical (unpaired) electrons. The number of carboxylic acids is 1. The smallest absolute Gasteiger partial charge is 0.320 e. The summed E-state index contributed by atoms with van der Waals surface area (Å²) < 4.78 is 0. The highest BCUT2D eigenvalue weighted by Gasteiger charge is 2.42. The van der Waals surface area contributed by atoms with Gasteiger partial charge in [-0.3, -0.25) is 24.5 Å². The number of rotatable bonds is 6. The van der Waals surface area contributed by atoms with Crippen molar-refractivity contribution in [2.24, 2.45) is 0 Å². The number of amides is 1. The molecule has 3 rings (SSSR count). The van der Waals surface area contributed by atoms with E-state index in [2.05, 4.69) is 9.97 Å². The summed E-state index contributed by atoms with van der Waals surface area (Å²) in [5, 5.41) is 9.55. The highest BCUT2D eigenvalue weighted by molar-refractivity contribution is 5.84. The maximum atomic E-state index is 13.0. The number of likely N-dealkylation sites (N-methyl/N-ethyl adjacent to an activating group) is 1. The molecule has 2 atom stereocenters. The molecular formula is C19H22N4O3. The van der Waals surface area contributed by atoms with Crippen LogP contribution in [-0.4, -0.2) is 55.9 Å². The van der Waals surface area contributed by atoms with Gasteiger partial charge in [-0.05, 0) is 18.4 Å². The summed E-state index contributed by atoms with van der Waals surface area (Å²) in [7, 11) is 1.71. The molecule has 1 aromatic heterocycles. The zero-order chi connectivity index (χ0) is 18.5. The van der Waals surface area contributed by atoms with Crippen molar-refractivity contribution in [2.45, 2.75) is 38.0 Å². The minimum Gasteiger partial charge on any atom is -0.480 e. The molecule has 0 aliphatic carbocycles. The summed E-state index contributed by atoms with van der Waals surface area (Å²) >= 11 is 0. The van der Waals surface area contributed by atoms with E-state index < -0.39 is 18.1 Å². The maximum Gasteiger partial charge on any atom is 0.320 e. The lowest BCUT2D eigenvalue weighted by molar-refractivity contribution is -0.144. The first-order valence-electron chi connectivity index (χ1n) is 8.58. The van der Waals surface area contributed by atoms with Gasteiger partial charge < -0.3 is 10.0 Å². The van der Waals surface area contributed by atoms with Gasteiger partial charge in [-0.25, -0.2) is 0 Å². The normalized spacial score (nSPS) is 20.0. The van der Waals surface area contributed by atoms with E-state index in [4.69, 9.17) is 0 Å². The van der Waals surface area contributed by atoms with Crippen LogP contribution in [0.3, 0.4) is 0 Å². The summed E-state index contributed by atoms with van der Waals surface area (Å²) in [6.45, 7) is 0.785. The van der Waals surface area contributed by atoms with Crippen LogP contribution in [0.15, 0.2) is 48.9 Å². The largest absolute Gasteiger partial charge is 0.480 e.